The van der Waals surface area contributed by atoms with Crippen LogP contribution in [-0.2, 0) is 6.42 Å². The van der Waals surface area contributed by atoms with E-state index < -0.39 is 0 Å². The van der Waals surface area contributed by atoms with Crippen molar-refractivity contribution in [2.75, 3.05) is 13.2 Å². The van der Waals surface area contributed by atoms with Crippen LogP contribution in [0.1, 0.15) is 40.6 Å². The van der Waals surface area contributed by atoms with E-state index in [1.165, 1.54) is 18.5 Å². The van der Waals surface area contributed by atoms with Gasteiger partial charge < -0.3 is 14.8 Å². The van der Waals surface area contributed by atoms with Crippen molar-refractivity contribution in [1.82, 2.24) is 10.3 Å². The largest absolute Gasteiger partial charge is 0.447 e. The van der Waals surface area contributed by atoms with Crippen molar-refractivity contribution in [2.24, 2.45) is 5.92 Å². The minimum absolute atomic E-state index is 0.0635. The molecule has 2 aromatic rings. The molecule has 0 aliphatic heterocycles. The van der Waals surface area contributed by atoms with E-state index in [0.29, 0.717) is 30.3 Å². The van der Waals surface area contributed by atoms with Crippen molar-refractivity contribution >= 4 is 5.91 Å². The molecule has 23 heavy (non-hydrogen) atoms. The predicted octanol–water partition coefficient (Wildman–Crippen LogP) is 2.27. The summed E-state index contributed by atoms with van der Waals surface area (Å²) in [7, 11) is 0. The highest BCUT2D eigenvalue weighted by Crippen LogP contribution is 2.41. The highest BCUT2D eigenvalue weighted by Gasteiger charge is 2.32. The number of rotatable bonds is 7. The topological polar surface area (TPSA) is 75.4 Å². The summed E-state index contributed by atoms with van der Waals surface area (Å²) in [6.45, 7) is 0.260. The molecule has 0 bridgehead atoms. The molecule has 5 nitrogen and oxygen atoms in total. The van der Waals surface area contributed by atoms with E-state index in [1.807, 2.05) is 0 Å². The Morgan fingerprint density at radius 2 is 2.13 bits per heavy atom. The third kappa shape index (κ3) is 3.96. The fraction of sp³-hybridized carbons (Fsp3) is 0.412. The van der Waals surface area contributed by atoms with Crippen LogP contribution in [0.2, 0.25) is 0 Å². The first-order valence-corrected chi connectivity index (χ1v) is 7.74. The Hall–Kier alpha value is -2.21. The zero-order valence-corrected chi connectivity index (χ0v) is 12.7. The van der Waals surface area contributed by atoms with Gasteiger partial charge in [-0.3, -0.25) is 4.79 Å². The lowest BCUT2D eigenvalue weighted by atomic mass is 10.00. The third-order valence-electron chi connectivity index (χ3n) is 4.01. The van der Waals surface area contributed by atoms with E-state index in [1.54, 1.807) is 12.1 Å². The molecule has 1 aliphatic rings. The molecule has 0 radical (unpaired) electrons. The summed E-state index contributed by atoms with van der Waals surface area (Å²) in [5.41, 5.74) is 1.26. The van der Waals surface area contributed by atoms with Gasteiger partial charge in [0.2, 0.25) is 0 Å². The smallest absolute Gasteiger partial charge is 0.273 e. The first kappa shape index (κ1) is 15.7. The quantitative estimate of drug-likeness (QED) is 0.821. The van der Waals surface area contributed by atoms with Gasteiger partial charge in [0.05, 0.1) is 0 Å². The van der Waals surface area contributed by atoms with Gasteiger partial charge in [-0.25, -0.2) is 9.37 Å². The van der Waals surface area contributed by atoms with Crippen LogP contribution in [0.4, 0.5) is 4.39 Å². The molecule has 0 saturated heterocycles. The number of carbonyl (C=O) groups is 1. The van der Waals surface area contributed by atoms with Crippen LogP contribution in [0, 0.1) is 11.7 Å². The number of nitrogens with zero attached hydrogens (tertiary/aromatic N) is 1. The lowest BCUT2D eigenvalue weighted by molar-refractivity contribution is 0.0933. The molecule has 1 fully saturated rings. The van der Waals surface area contributed by atoms with Crippen LogP contribution >= 0.6 is 0 Å². The maximum Gasteiger partial charge on any atom is 0.273 e. The average Bonchev–Trinajstić information content (AvgIpc) is 3.29. The molecule has 6 heteroatoms. The monoisotopic (exact) mass is 318 g/mol. The van der Waals surface area contributed by atoms with Crippen LogP contribution in [0.15, 0.2) is 35.1 Å². The van der Waals surface area contributed by atoms with E-state index in [9.17, 15) is 14.3 Å². The van der Waals surface area contributed by atoms with Crippen LogP contribution in [0.5, 0.6) is 0 Å². The minimum atomic E-state index is -0.291. The number of hydrogen-bond acceptors (Lipinski definition) is 4. The lowest BCUT2D eigenvalue weighted by Crippen LogP contribution is -2.32. The predicted molar refractivity (Wildman–Crippen MR) is 81.5 cm³/mol. The molecule has 1 unspecified atom stereocenters. The third-order valence-corrected chi connectivity index (χ3v) is 4.01. The number of carbonyl (C=O) groups excluding carboxylic acids is 1. The van der Waals surface area contributed by atoms with E-state index in [2.05, 4.69) is 10.3 Å². The van der Waals surface area contributed by atoms with Crippen LogP contribution in [0.3, 0.4) is 0 Å². The number of aromatic nitrogens is 1. The zero-order chi connectivity index (χ0) is 16.2. The van der Waals surface area contributed by atoms with Crippen molar-refractivity contribution in [2.45, 2.75) is 25.2 Å². The molecule has 1 amide bonds. The fourth-order valence-electron chi connectivity index (χ4n) is 2.54. The average molecular weight is 318 g/mol. The van der Waals surface area contributed by atoms with Gasteiger partial charge in [0.15, 0.2) is 12.1 Å². The number of aliphatic hydroxyl groups is 1. The second-order valence-electron chi connectivity index (χ2n) is 5.93. The summed E-state index contributed by atoms with van der Waals surface area (Å²) in [5.74, 6) is 0.257. The fourth-order valence-corrected chi connectivity index (χ4v) is 2.54. The molecular weight excluding hydrogens is 299 g/mol. The van der Waals surface area contributed by atoms with Gasteiger partial charge in [-0.05, 0) is 37.0 Å². The summed E-state index contributed by atoms with van der Waals surface area (Å²) in [6, 6.07) is 6.14. The number of benzene rings is 1. The Bertz CT molecular complexity index is 665. The maximum absolute atomic E-state index is 12.9. The Morgan fingerprint density at radius 3 is 2.78 bits per heavy atom. The molecule has 1 atom stereocenters. The first-order chi connectivity index (χ1) is 11.2. The van der Waals surface area contributed by atoms with Crippen LogP contribution in [-0.4, -0.2) is 29.1 Å². The number of halogens is 1. The second kappa shape index (κ2) is 6.91. The van der Waals surface area contributed by atoms with E-state index in [4.69, 9.17) is 4.42 Å². The van der Waals surface area contributed by atoms with Crippen LogP contribution < -0.4 is 5.32 Å². The van der Waals surface area contributed by atoms with E-state index >= 15 is 0 Å². The zero-order valence-electron chi connectivity index (χ0n) is 12.7. The first-order valence-electron chi connectivity index (χ1n) is 7.74. The highest BCUT2D eigenvalue weighted by atomic mass is 19.1. The van der Waals surface area contributed by atoms with Crippen molar-refractivity contribution in [3.63, 3.8) is 0 Å². The van der Waals surface area contributed by atoms with Gasteiger partial charge in [-0.1, -0.05) is 12.1 Å². The second-order valence-corrected chi connectivity index (χ2v) is 5.93. The van der Waals surface area contributed by atoms with Crippen molar-refractivity contribution in [3.8, 4) is 0 Å². The van der Waals surface area contributed by atoms with Gasteiger partial charge >= 0.3 is 0 Å². The molecule has 1 aromatic heterocycles. The lowest BCUT2D eigenvalue weighted by Gasteiger charge is -2.15. The summed E-state index contributed by atoms with van der Waals surface area (Å²) in [5, 5.41) is 12.3. The number of oxazole rings is 1. The molecule has 1 aromatic carbocycles. The summed E-state index contributed by atoms with van der Waals surface area (Å²) < 4.78 is 18.2. The van der Waals surface area contributed by atoms with Gasteiger partial charge in [-0.15, -0.1) is 0 Å². The normalized spacial score (nSPS) is 15.4. The van der Waals surface area contributed by atoms with Gasteiger partial charge in [-0.2, -0.15) is 0 Å². The van der Waals surface area contributed by atoms with E-state index in [-0.39, 0.29) is 24.2 Å². The summed E-state index contributed by atoms with van der Waals surface area (Å²) in [6.07, 6.45) is 3.91. The number of nitrogens with one attached hydrogen (secondary N) is 1. The number of hydrogen-bond donors (Lipinski definition) is 2. The van der Waals surface area contributed by atoms with Gasteiger partial charge in [0.1, 0.15) is 11.6 Å². The molecule has 1 aliphatic carbocycles. The Morgan fingerprint density at radius 1 is 1.39 bits per heavy atom. The molecule has 1 saturated carbocycles. The number of amides is 1. The SMILES string of the molecule is O=C(NCC(CO)Cc1ccc(F)cc1)c1ncoc1C1CC1. The summed E-state index contributed by atoms with van der Waals surface area (Å²) >= 11 is 0. The Balaban J connectivity index is 1.55. The Labute approximate surface area is 133 Å². The molecule has 1 heterocycles. The van der Waals surface area contributed by atoms with Crippen molar-refractivity contribution < 1.29 is 18.7 Å². The molecule has 3 rings (SSSR count). The van der Waals surface area contributed by atoms with Gasteiger partial charge in [0, 0.05) is 25.0 Å². The van der Waals surface area contributed by atoms with E-state index in [0.717, 1.165) is 18.4 Å². The molecular formula is C17H19FN2O3. The maximum atomic E-state index is 12.9. The number of aliphatic hydroxyl groups excluding tert-OH is 1. The van der Waals surface area contributed by atoms with Crippen molar-refractivity contribution in [3.05, 3.63) is 53.5 Å². The molecule has 0 spiro atoms. The molecule has 122 valence electrons. The van der Waals surface area contributed by atoms with Crippen molar-refractivity contribution in [1.29, 1.82) is 0 Å². The Kier molecular flexibility index (Phi) is 4.71. The highest BCUT2D eigenvalue weighted by molar-refractivity contribution is 5.93. The standard InChI is InChI=1S/C17H19FN2O3/c18-14-5-1-11(2-6-14)7-12(9-21)8-19-17(22)15-16(13-3-4-13)23-10-20-15/h1-2,5-6,10,12-13,21H,3-4,7-9H2,(H,19,22). The molecule has 2 N–H and O–H groups in total. The van der Waals surface area contributed by atoms with Gasteiger partial charge in [0.25, 0.3) is 5.91 Å². The van der Waals surface area contributed by atoms with Crippen LogP contribution in [0.25, 0.3) is 0 Å². The minimum Gasteiger partial charge on any atom is -0.447 e. The summed E-state index contributed by atoms with van der Waals surface area (Å²) in [4.78, 5) is 16.2.